The molecule has 2 N–H and O–H groups in total. The van der Waals surface area contributed by atoms with Crippen LogP contribution in [0.1, 0.15) is 23.5 Å². The van der Waals surface area contributed by atoms with Crippen molar-refractivity contribution >= 4 is 23.2 Å². The molecule has 0 saturated carbocycles. The Labute approximate surface area is 161 Å². The number of carbonyl (C=O) groups is 2. The second kappa shape index (κ2) is 8.47. The van der Waals surface area contributed by atoms with Gasteiger partial charge in [0.05, 0.1) is 17.1 Å². The molecule has 0 unspecified atom stereocenters. The maximum absolute atomic E-state index is 13.1. The second-order valence-electron chi connectivity index (χ2n) is 6.70. The number of likely N-dealkylation sites (tertiary alicyclic amines) is 1. The Morgan fingerprint density at radius 2 is 2.11 bits per heavy atom. The van der Waals surface area contributed by atoms with E-state index in [9.17, 15) is 14.0 Å². The van der Waals surface area contributed by atoms with E-state index >= 15 is 0 Å². The van der Waals surface area contributed by atoms with E-state index < -0.39 is 5.91 Å². The zero-order valence-electron chi connectivity index (χ0n) is 15.1. The van der Waals surface area contributed by atoms with Gasteiger partial charge in [-0.25, -0.2) is 9.37 Å². The smallest absolute Gasteiger partial charge is 0.228 e. The molecule has 6 nitrogen and oxygen atoms in total. The first-order valence-electron chi connectivity index (χ1n) is 8.80. The molecule has 0 spiro atoms. The number of nitrogens with two attached hydrogens (primary N) is 1. The molecule has 2 heterocycles. The number of hydrogen-bond donors (Lipinski definition) is 1. The Balaban J connectivity index is 1.65. The topological polar surface area (TPSA) is 85.5 Å². The van der Waals surface area contributed by atoms with Crippen LogP contribution in [0.25, 0.3) is 0 Å². The molecule has 2 atom stereocenters. The summed E-state index contributed by atoms with van der Waals surface area (Å²) in [6, 6.07) is 5.76. The van der Waals surface area contributed by atoms with Crippen LogP contribution in [0, 0.1) is 18.7 Å². The van der Waals surface area contributed by atoms with E-state index in [0.29, 0.717) is 25.3 Å². The van der Waals surface area contributed by atoms with Crippen LogP contribution >= 0.6 is 11.3 Å². The Morgan fingerprint density at radius 1 is 1.37 bits per heavy atom. The lowest BCUT2D eigenvalue weighted by Gasteiger charge is -2.38. The molecule has 0 aliphatic carbocycles. The van der Waals surface area contributed by atoms with E-state index in [4.69, 9.17) is 10.5 Å². The van der Waals surface area contributed by atoms with Crippen LogP contribution in [0.3, 0.4) is 0 Å². The molecule has 1 saturated heterocycles. The van der Waals surface area contributed by atoms with Crippen molar-refractivity contribution in [1.29, 1.82) is 0 Å². The average Bonchev–Trinajstić information content (AvgIpc) is 3.02. The van der Waals surface area contributed by atoms with Gasteiger partial charge in [0, 0.05) is 37.2 Å². The van der Waals surface area contributed by atoms with Gasteiger partial charge in [0.25, 0.3) is 0 Å². The standard InChI is InChI=1S/C19H22FN3O3S/c1-12-22-15(11-27-12)9-19(25)23-7-6-17(13(10-23)8-18(21)24)26-16-4-2-14(20)3-5-16/h2-5,11,13,17H,6-10H2,1H3,(H2,21,24)/t13-,17-/m0/s1. The Bertz CT molecular complexity index is 809. The van der Waals surface area contributed by atoms with Crippen LogP contribution < -0.4 is 10.5 Å². The summed E-state index contributed by atoms with van der Waals surface area (Å²) in [6.45, 7) is 2.83. The van der Waals surface area contributed by atoms with Crippen molar-refractivity contribution in [2.45, 2.75) is 32.3 Å². The summed E-state index contributed by atoms with van der Waals surface area (Å²) in [5.74, 6) is -0.461. The third-order valence-electron chi connectivity index (χ3n) is 4.58. The number of aromatic nitrogens is 1. The minimum Gasteiger partial charge on any atom is -0.490 e. The predicted molar refractivity (Wildman–Crippen MR) is 99.9 cm³/mol. The fourth-order valence-electron chi connectivity index (χ4n) is 3.29. The lowest BCUT2D eigenvalue weighted by atomic mass is 9.91. The number of nitrogens with zero attached hydrogens (tertiary/aromatic N) is 2. The highest BCUT2D eigenvalue weighted by Gasteiger charge is 2.34. The molecule has 1 fully saturated rings. The number of hydrogen-bond acceptors (Lipinski definition) is 5. The van der Waals surface area contributed by atoms with Crippen LogP contribution in [-0.4, -0.2) is 40.9 Å². The van der Waals surface area contributed by atoms with Gasteiger partial charge >= 0.3 is 0 Å². The van der Waals surface area contributed by atoms with Gasteiger partial charge in [-0.05, 0) is 31.2 Å². The fourth-order valence-corrected chi connectivity index (χ4v) is 3.90. The number of benzene rings is 1. The van der Waals surface area contributed by atoms with Crippen molar-refractivity contribution in [2.75, 3.05) is 13.1 Å². The van der Waals surface area contributed by atoms with Crippen LogP contribution in [0.4, 0.5) is 4.39 Å². The van der Waals surface area contributed by atoms with Crippen molar-refractivity contribution in [3.05, 3.63) is 46.2 Å². The molecule has 1 aliphatic heterocycles. The highest BCUT2D eigenvalue weighted by Crippen LogP contribution is 2.26. The maximum Gasteiger partial charge on any atom is 0.228 e. The summed E-state index contributed by atoms with van der Waals surface area (Å²) in [7, 11) is 0. The number of primary amides is 1. The first-order chi connectivity index (χ1) is 12.9. The maximum atomic E-state index is 13.1. The highest BCUT2D eigenvalue weighted by atomic mass is 32.1. The number of halogens is 1. The number of carbonyl (C=O) groups excluding carboxylic acids is 2. The van der Waals surface area contributed by atoms with Crippen molar-refractivity contribution in [3.63, 3.8) is 0 Å². The zero-order chi connectivity index (χ0) is 19.4. The molecule has 144 valence electrons. The van der Waals surface area contributed by atoms with Gasteiger partial charge in [0.15, 0.2) is 0 Å². The third-order valence-corrected chi connectivity index (χ3v) is 5.40. The van der Waals surface area contributed by atoms with Gasteiger partial charge in [0.1, 0.15) is 17.7 Å². The summed E-state index contributed by atoms with van der Waals surface area (Å²) in [5.41, 5.74) is 6.15. The minimum atomic E-state index is -0.433. The summed E-state index contributed by atoms with van der Waals surface area (Å²) in [4.78, 5) is 30.2. The van der Waals surface area contributed by atoms with E-state index in [2.05, 4.69) is 4.98 Å². The molecule has 1 aromatic heterocycles. The van der Waals surface area contributed by atoms with Gasteiger partial charge in [-0.1, -0.05) is 0 Å². The van der Waals surface area contributed by atoms with Gasteiger partial charge in [-0.3, -0.25) is 9.59 Å². The van der Waals surface area contributed by atoms with E-state index in [1.165, 1.54) is 23.5 Å². The van der Waals surface area contributed by atoms with Crippen molar-refractivity contribution in [3.8, 4) is 5.75 Å². The van der Waals surface area contributed by atoms with E-state index in [-0.39, 0.29) is 36.6 Å². The van der Waals surface area contributed by atoms with Gasteiger partial charge < -0.3 is 15.4 Å². The predicted octanol–water partition coefficient (Wildman–Crippen LogP) is 2.30. The number of thiazole rings is 1. The number of amides is 2. The molecule has 0 radical (unpaired) electrons. The summed E-state index contributed by atoms with van der Waals surface area (Å²) in [6.07, 6.45) is 0.702. The van der Waals surface area contributed by atoms with E-state index in [1.807, 2.05) is 12.3 Å². The number of rotatable bonds is 6. The van der Waals surface area contributed by atoms with Crippen LogP contribution in [-0.2, 0) is 16.0 Å². The summed E-state index contributed by atoms with van der Waals surface area (Å²) in [5, 5.41) is 2.81. The SMILES string of the molecule is Cc1nc(CC(=O)N2CC[C@H](Oc3ccc(F)cc3)[C@@H](CC(N)=O)C2)cs1. The quantitative estimate of drug-likeness (QED) is 0.819. The Hall–Kier alpha value is -2.48. The molecule has 27 heavy (non-hydrogen) atoms. The zero-order valence-corrected chi connectivity index (χ0v) is 15.9. The molecule has 2 amide bonds. The molecule has 2 aromatic rings. The van der Waals surface area contributed by atoms with E-state index in [1.54, 1.807) is 17.0 Å². The normalized spacial score (nSPS) is 19.7. The first kappa shape index (κ1) is 19.3. The van der Waals surface area contributed by atoms with Gasteiger partial charge in [-0.2, -0.15) is 0 Å². The first-order valence-corrected chi connectivity index (χ1v) is 9.68. The lowest BCUT2D eigenvalue weighted by molar-refractivity contribution is -0.135. The molecule has 8 heteroatoms. The van der Waals surface area contributed by atoms with Crippen LogP contribution in [0.5, 0.6) is 5.75 Å². The Kier molecular flexibility index (Phi) is 6.05. The van der Waals surface area contributed by atoms with Crippen molar-refractivity contribution in [2.24, 2.45) is 11.7 Å². The van der Waals surface area contributed by atoms with Crippen LogP contribution in [0.2, 0.25) is 0 Å². The van der Waals surface area contributed by atoms with Gasteiger partial charge in [-0.15, -0.1) is 11.3 Å². The number of piperidine rings is 1. The number of aryl methyl sites for hydroxylation is 1. The van der Waals surface area contributed by atoms with Crippen molar-refractivity contribution in [1.82, 2.24) is 9.88 Å². The molecule has 1 aromatic carbocycles. The molecular weight excluding hydrogens is 369 g/mol. The number of ether oxygens (including phenoxy) is 1. The molecule has 0 bridgehead atoms. The fraction of sp³-hybridized carbons (Fsp3) is 0.421. The monoisotopic (exact) mass is 391 g/mol. The van der Waals surface area contributed by atoms with Crippen LogP contribution in [0.15, 0.2) is 29.6 Å². The van der Waals surface area contributed by atoms with E-state index in [0.717, 1.165) is 10.7 Å². The van der Waals surface area contributed by atoms with Crippen molar-refractivity contribution < 1.29 is 18.7 Å². The largest absolute Gasteiger partial charge is 0.490 e. The highest BCUT2D eigenvalue weighted by molar-refractivity contribution is 7.09. The minimum absolute atomic E-state index is 0.0185. The molecule has 1 aliphatic rings. The molecule has 3 rings (SSSR count). The lowest BCUT2D eigenvalue weighted by Crippen LogP contribution is -2.49. The third kappa shape index (κ3) is 5.26. The Morgan fingerprint density at radius 3 is 2.74 bits per heavy atom. The summed E-state index contributed by atoms with van der Waals surface area (Å²) < 4.78 is 19.0. The summed E-state index contributed by atoms with van der Waals surface area (Å²) >= 11 is 1.51. The van der Waals surface area contributed by atoms with Gasteiger partial charge in [0.2, 0.25) is 11.8 Å². The second-order valence-corrected chi connectivity index (χ2v) is 7.77. The molecular formula is C19H22FN3O3S. The average molecular weight is 391 g/mol.